The average molecular weight is 258 g/mol. The molecule has 0 saturated carbocycles. The molecule has 0 aliphatic heterocycles. The van der Waals surface area contributed by atoms with Crippen LogP contribution in [0.1, 0.15) is 12.5 Å². The van der Waals surface area contributed by atoms with E-state index in [1.54, 1.807) is 13.0 Å². The second-order valence-electron chi connectivity index (χ2n) is 3.02. The molecule has 0 fully saturated rings. The minimum atomic E-state index is -0.637. The Morgan fingerprint density at radius 2 is 2.35 bits per heavy atom. The number of nitrogens with zero attached hydrogens (tertiary/aromatic N) is 1. The van der Waals surface area contributed by atoms with Gasteiger partial charge in [-0.25, -0.2) is 4.79 Å². The maximum Gasteiger partial charge on any atom is 0.411 e. The van der Waals surface area contributed by atoms with Crippen LogP contribution in [-0.2, 0) is 4.74 Å². The zero-order valence-corrected chi connectivity index (χ0v) is 9.86. The van der Waals surface area contributed by atoms with Crippen LogP contribution in [0.5, 0.6) is 0 Å². The van der Waals surface area contributed by atoms with E-state index in [0.717, 1.165) is 0 Å². The molecule has 1 amide bonds. The van der Waals surface area contributed by atoms with Crippen LogP contribution >= 0.6 is 11.6 Å². The molecule has 6 nitrogen and oxygen atoms in total. The molecule has 92 valence electrons. The highest BCUT2D eigenvalue weighted by molar-refractivity contribution is 6.31. The summed E-state index contributed by atoms with van der Waals surface area (Å²) in [6.45, 7) is 1.92. The van der Waals surface area contributed by atoms with E-state index in [4.69, 9.17) is 27.3 Å². The van der Waals surface area contributed by atoms with E-state index in [1.807, 2.05) is 0 Å². The van der Waals surface area contributed by atoms with Gasteiger partial charge < -0.3 is 15.7 Å². The number of hydrogen-bond donors (Lipinski definition) is 3. The minimum Gasteiger partial charge on any atom is -0.450 e. The lowest BCUT2D eigenvalue weighted by molar-refractivity contribution is 0.168. The van der Waals surface area contributed by atoms with Crippen molar-refractivity contribution in [3.8, 4) is 0 Å². The summed E-state index contributed by atoms with van der Waals surface area (Å²) in [5.41, 5.74) is 6.12. The number of nitrogens with one attached hydrogen (secondary N) is 1. The Morgan fingerprint density at radius 1 is 1.65 bits per heavy atom. The van der Waals surface area contributed by atoms with Gasteiger partial charge in [-0.05, 0) is 25.1 Å². The topological polar surface area (TPSA) is 96.9 Å². The number of oxime groups is 1. The molecule has 0 saturated heterocycles. The molecule has 0 spiro atoms. The molecule has 0 aromatic heterocycles. The third-order valence-electron chi connectivity index (χ3n) is 1.88. The normalized spacial score (nSPS) is 11.1. The third kappa shape index (κ3) is 3.53. The van der Waals surface area contributed by atoms with E-state index >= 15 is 0 Å². The van der Waals surface area contributed by atoms with Crippen LogP contribution in [0, 0.1) is 0 Å². The highest BCUT2D eigenvalue weighted by Gasteiger charge is 2.11. The molecule has 7 heteroatoms. The Morgan fingerprint density at radius 3 is 2.94 bits per heavy atom. The lowest BCUT2D eigenvalue weighted by Crippen LogP contribution is -2.19. The lowest BCUT2D eigenvalue weighted by atomic mass is 10.1. The van der Waals surface area contributed by atoms with Gasteiger partial charge in [0.15, 0.2) is 5.84 Å². The summed E-state index contributed by atoms with van der Waals surface area (Å²) in [6, 6.07) is 4.57. The van der Waals surface area contributed by atoms with Gasteiger partial charge in [0, 0.05) is 10.6 Å². The molecule has 0 atom stereocenters. The zero-order valence-electron chi connectivity index (χ0n) is 9.11. The number of anilines is 1. The first-order chi connectivity index (χ1) is 8.08. The van der Waals surface area contributed by atoms with E-state index in [2.05, 4.69) is 10.5 Å². The number of rotatable bonds is 3. The summed E-state index contributed by atoms with van der Waals surface area (Å²) >= 11 is 5.79. The predicted molar refractivity (Wildman–Crippen MR) is 64.6 cm³/mol. The number of benzene rings is 1. The molecule has 1 aromatic carbocycles. The number of carbonyl (C=O) groups is 1. The first-order valence-electron chi connectivity index (χ1n) is 4.79. The van der Waals surface area contributed by atoms with E-state index in [0.29, 0.717) is 16.3 Å². The fraction of sp³-hybridized carbons (Fsp3) is 0.200. The quantitative estimate of drug-likeness (QED) is 0.334. The lowest BCUT2D eigenvalue weighted by Gasteiger charge is -2.10. The fourth-order valence-corrected chi connectivity index (χ4v) is 1.35. The van der Waals surface area contributed by atoms with Gasteiger partial charge >= 0.3 is 6.09 Å². The molecule has 0 aliphatic carbocycles. The van der Waals surface area contributed by atoms with Crippen LogP contribution in [0.3, 0.4) is 0 Å². The van der Waals surface area contributed by atoms with Crippen LogP contribution in [0.15, 0.2) is 23.4 Å². The highest BCUT2D eigenvalue weighted by Crippen LogP contribution is 2.21. The van der Waals surface area contributed by atoms with Crippen LogP contribution in [0.4, 0.5) is 10.5 Å². The Balaban J connectivity index is 3.03. The Hall–Kier alpha value is -1.95. The number of amides is 1. The molecule has 0 aliphatic rings. The summed E-state index contributed by atoms with van der Waals surface area (Å²) < 4.78 is 4.72. The predicted octanol–water partition coefficient (Wildman–Crippen LogP) is 2.00. The molecular weight excluding hydrogens is 246 g/mol. The standard InChI is InChI=1S/C10H12ClN3O3/c1-2-17-10(15)13-8-5-6(11)3-4-7(8)9(12)14-16/h3-5,16H,2H2,1H3,(H2,12,14)(H,13,15). The van der Waals surface area contributed by atoms with Crippen molar-refractivity contribution < 1.29 is 14.7 Å². The maximum atomic E-state index is 11.3. The molecule has 17 heavy (non-hydrogen) atoms. The van der Waals surface area contributed by atoms with Gasteiger partial charge in [0.05, 0.1) is 12.3 Å². The van der Waals surface area contributed by atoms with Gasteiger partial charge in [-0.2, -0.15) is 0 Å². The van der Waals surface area contributed by atoms with Crippen molar-refractivity contribution in [2.45, 2.75) is 6.92 Å². The van der Waals surface area contributed by atoms with Gasteiger partial charge in [0.1, 0.15) is 0 Å². The van der Waals surface area contributed by atoms with Crippen molar-refractivity contribution in [3.05, 3.63) is 28.8 Å². The zero-order chi connectivity index (χ0) is 12.8. The van der Waals surface area contributed by atoms with Gasteiger partial charge in [0.2, 0.25) is 0 Å². The van der Waals surface area contributed by atoms with Crippen molar-refractivity contribution in [1.82, 2.24) is 0 Å². The van der Waals surface area contributed by atoms with Crippen LogP contribution < -0.4 is 11.1 Å². The summed E-state index contributed by atoms with van der Waals surface area (Å²) in [4.78, 5) is 11.3. The van der Waals surface area contributed by atoms with E-state index in [9.17, 15) is 4.79 Å². The van der Waals surface area contributed by atoms with Crippen molar-refractivity contribution in [3.63, 3.8) is 0 Å². The summed E-state index contributed by atoms with van der Waals surface area (Å²) in [5, 5.41) is 14.3. The van der Waals surface area contributed by atoms with E-state index in [1.165, 1.54) is 12.1 Å². The first-order valence-corrected chi connectivity index (χ1v) is 5.17. The van der Waals surface area contributed by atoms with Crippen molar-refractivity contribution in [1.29, 1.82) is 0 Å². The molecule has 1 aromatic rings. The second-order valence-corrected chi connectivity index (χ2v) is 3.46. The minimum absolute atomic E-state index is 0.131. The maximum absolute atomic E-state index is 11.3. The number of amidine groups is 1. The van der Waals surface area contributed by atoms with Gasteiger partial charge in [-0.3, -0.25) is 5.32 Å². The van der Waals surface area contributed by atoms with Gasteiger partial charge in [-0.1, -0.05) is 16.8 Å². The number of carbonyl (C=O) groups excluding carboxylic acids is 1. The summed E-state index contributed by atoms with van der Waals surface area (Å²) in [7, 11) is 0. The summed E-state index contributed by atoms with van der Waals surface area (Å²) in [6.07, 6.45) is -0.637. The average Bonchev–Trinajstić information content (AvgIpc) is 2.28. The molecule has 0 radical (unpaired) electrons. The number of nitrogens with two attached hydrogens (primary N) is 1. The van der Waals surface area contributed by atoms with Crippen LogP contribution in [-0.4, -0.2) is 23.7 Å². The first kappa shape index (κ1) is 13.1. The van der Waals surface area contributed by atoms with Gasteiger partial charge in [-0.15, -0.1) is 0 Å². The highest BCUT2D eigenvalue weighted by atomic mass is 35.5. The van der Waals surface area contributed by atoms with Crippen molar-refractivity contribution in [2.24, 2.45) is 10.9 Å². The molecular formula is C10H12ClN3O3. The second kappa shape index (κ2) is 5.95. The summed E-state index contributed by atoms with van der Waals surface area (Å²) in [5.74, 6) is -0.131. The van der Waals surface area contributed by atoms with E-state index < -0.39 is 6.09 Å². The molecule has 0 heterocycles. The molecule has 0 bridgehead atoms. The molecule has 0 unspecified atom stereocenters. The Bertz CT molecular complexity index is 448. The number of halogens is 1. The molecule has 1 rings (SSSR count). The largest absolute Gasteiger partial charge is 0.450 e. The Labute approximate surface area is 103 Å². The SMILES string of the molecule is CCOC(=O)Nc1cc(Cl)ccc1C(N)=NO. The van der Waals surface area contributed by atoms with Crippen molar-refractivity contribution >= 4 is 29.2 Å². The number of hydrogen-bond acceptors (Lipinski definition) is 4. The third-order valence-corrected chi connectivity index (χ3v) is 2.11. The van der Waals surface area contributed by atoms with E-state index in [-0.39, 0.29) is 12.4 Å². The number of ether oxygens (including phenoxy) is 1. The fourth-order valence-electron chi connectivity index (χ4n) is 1.17. The van der Waals surface area contributed by atoms with Crippen molar-refractivity contribution in [2.75, 3.05) is 11.9 Å². The smallest absolute Gasteiger partial charge is 0.411 e. The van der Waals surface area contributed by atoms with Crippen LogP contribution in [0.2, 0.25) is 5.02 Å². The monoisotopic (exact) mass is 257 g/mol. The Kier molecular flexibility index (Phi) is 4.59. The van der Waals surface area contributed by atoms with Crippen LogP contribution in [0.25, 0.3) is 0 Å². The molecule has 4 N–H and O–H groups in total. The van der Waals surface area contributed by atoms with Gasteiger partial charge in [0.25, 0.3) is 0 Å².